The van der Waals surface area contributed by atoms with Gasteiger partial charge in [-0.05, 0) is 32.6 Å². The van der Waals surface area contributed by atoms with Gasteiger partial charge in [-0.25, -0.2) is 4.98 Å². The van der Waals surface area contributed by atoms with Crippen LogP contribution in [0.5, 0.6) is 0 Å². The molecule has 17 heavy (non-hydrogen) atoms. The van der Waals surface area contributed by atoms with Crippen LogP contribution in [-0.2, 0) is 0 Å². The minimum absolute atomic E-state index is 0.163. The Morgan fingerprint density at radius 1 is 1.35 bits per heavy atom. The van der Waals surface area contributed by atoms with Crippen molar-refractivity contribution in [2.24, 2.45) is 5.73 Å². The number of nitrogens with one attached hydrogen (secondary N) is 1. The van der Waals surface area contributed by atoms with E-state index in [2.05, 4.69) is 10.3 Å². The third-order valence-electron chi connectivity index (χ3n) is 3.22. The van der Waals surface area contributed by atoms with Gasteiger partial charge in [0, 0.05) is 19.0 Å². The minimum atomic E-state index is -0.163. The van der Waals surface area contributed by atoms with Crippen molar-refractivity contribution in [1.29, 1.82) is 0 Å². The summed E-state index contributed by atoms with van der Waals surface area (Å²) in [4.78, 5) is 16.0. The van der Waals surface area contributed by atoms with E-state index >= 15 is 0 Å². The fraction of sp³-hybridized carbons (Fsp3) is 0.667. The lowest BCUT2D eigenvalue weighted by molar-refractivity contribution is 0.0895. The number of aromatic nitrogens is 1. The smallest absolute Gasteiger partial charge is 0.289 e. The number of carbonyl (C=O) groups is 1. The minimum Gasteiger partial charge on any atom is -0.436 e. The molecule has 5 heteroatoms. The SMILES string of the molecule is Cc1nc(C)c(C(=O)NC2CCC(N)CC2)o1. The molecule has 1 heterocycles. The Morgan fingerprint density at radius 3 is 2.53 bits per heavy atom. The van der Waals surface area contributed by atoms with E-state index in [1.54, 1.807) is 13.8 Å². The van der Waals surface area contributed by atoms with Gasteiger partial charge in [0.15, 0.2) is 5.89 Å². The Kier molecular flexibility index (Phi) is 3.47. The van der Waals surface area contributed by atoms with Crippen LogP contribution in [-0.4, -0.2) is 23.0 Å². The molecule has 2 rings (SSSR count). The molecule has 0 spiro atoms. The molecule has 0 radical (unpaired) electrons. The first-order valence-corrected chi connectivity index (χ1v) is 6.06. The van der Waals surface area contributed by atoms with E-state index < -0.39 is 0 Å². The highest BCUT2D eigenvalue weighted by molar-refractivity contribution is 5.92. The van der Waals surface area contributed by atoms with Crippen molar-refractivity contribution in [3.63, 3.8) is 0 Å². The topological polar surface area (TPSA) is 81.2 Å². The van der Waals surface area contributed by atoms with E-state index in [-0.39, 0.29) is 18.0 Å². The van der Waals surface area contributed by atoms with E-state index in [9.17, 15) is 4.79 Å². The van der Waals surface area contributed by atoms with Crippen LogP contribution in [0.3, 0.4) is 0 Å². The summed E-state index contributed by atoms with van der Waals surface area (Å²) in [5.74, 6) is 0.694. The Bertz CT molecular complexity index is 406. The van der Waals surface area contributed by atoms with E-state index in [4.69, 9.17) is 10.2 Å². The highest BCUT2D eigenvalue weighted by Gasteiger charge is 2.23. The number of oxazole rings is 1. The normalized spacial score (nSPS) is 24.6. The number of hydrogen-bond donors (Lipinski definition) is 2. The van der Waals surface area contributed by atoms with Gasteiger partial charge < -0.3 is 15.5 Å². The highest BCUT2D eigenvalue weighted by Crippen LogP contribution is 2.18. The van der Waals surface area contributed by atoms with Gasteiger partial charge in [-0.2, -0.15) is 0 Å². The van der Waals surface area contributed by atoms with Crippen molar-refractivity contribution < 1.29 is 9.21 Å². The fourth-order valence-corrected chi connectivity index (χ4v) is 2.26. The zero-order chi connectivity index (χ0) is 12.4. The molecule has 1 saturated carbocycles. The number of hydrogen-bond acceptors (Lipinski definition) is 4. The molecule has 5 nitrogen and oxygen atoms in total. The zero-order valence-electron chi connectivity index (χ0n) is 10.3. The molecule has 94 valence electrons. The molecule has 0 aromatic carbocycles. The second-order valence-electron chi connectivity index (χ2n) is 4.73. The summed E-state index contributed by atoms with van der Waals surface area (Å²) in [5.41, 5.74) is 6.47. The van der Waals surface area contributed by atoms with Gasteiger partial charge in [0.2, 0.25) is 5.76 Å². The van der Waals surface area contributed by atoms with Gasteiger partial charge in [-0.3, -0.25) is 4.79 Å². The van der Waals surface area contributed by atoms with E-state index in [1.807, 2.05) is 0 Å². The zero-order valence-corrected chi connectivity index (χ0v) is 10.3. The van der Waals surface area contributed by atoms with Crippen LogP contribution in [0.15, 0.2) is 4.42 Å². The van der Waals surface area contributed by atoms with Crippen LogP contribution >= 0.6 is 0 Å². The molecule has 1 aliphatic rings. The van der Waals surface area contributed by atoms with Gasteiger partial charge in [-0.1, -0.05) is 0 Å². The number of amides is 1. The lowest BCUT2D eigenvalue weighted by Crippen LogP contribution is -2.40. The van der Waals surface area contributed by atoms with Crippen LogP contribution in [0.2, 0.25) is 0 Å². The van der Waals surface area contributed by atoms with Crippen LogP contribution < -0.4 is 11.1 Å². The van der Waals surface area contributed by atoms with Gasteiger partial charge >= 0.3 is 0 Å². The maximum atomic E-state index is 12.0. The van der Waals surface area contributed by atoms with E-state index in [0.717, 1.165) is 25.7 Å². The van der Waals surface area contributed by atoms with Crippen LogP contribution in [0, 0.1) is 13.8 Å². The van der Waals surface area contributed by atoms with Gasteiger partial charge in [0.25, 0.3) is 5.91 Å². The lowest BCUT2D eigenvalue weighted by Gasteiger charge is -2.26. The first-order chi connectivity index (χ1) is 8.06. The van der Waals surface area contributed by atoms with Crippen LogP contribution in [0.4, 0.5) is 0 Å². The second kappa shape index (κ2) is 4.87. The quantitative estimate of drug-likeness (QED) is 0.812. The number of rotatable bonds is 2. The van der Waals surface area contributed by atoms with Crippen molar-refractivity contribution in [1.82, 2.24) is 10.3 Å². The van der Waals surface area contributed by atoms with Gasteiger partial charge in [0.05, 0.1) is 5.69 Å². The Labute approximate surface area is 101 Å². The standard InChI is InChI=1S/C12H19N3O2/c1-7-11(17-8(2)14-7)12(16)15-10-5-3-9(13)4-6-10/h9-10H,3-6,13H2,1-2H3,(H,15,16). The summed E-state index contributed by atoms with van der Waals surface area (Å²) >= 11 is 0. The summed E-state index contributed by atoms with van der Waals surface area (Å²) in [5, 5.41) is 2.98. The van der Waals surface area contributed by atoms with Crippen LogP contribution in [0.25, 0.3) is 0 Å². The van der Waals surface area contributed by atoms with Crippen molar-refractivity contribution in [3.8, 4) is 0 Å². The Hall–Kier alpha value is -1.36. The van der Waals surface area contributed by atoms with Crippen LogP contribution in [0.1, 0.15) is 47.8 Å². The lowest BCUT2D eigenvalue weighted by atomic mass is 9.92. The predicted octanol–water partition coefficient (Wildman–Crippen LogP) is 1.29. The Morgan fingerprint density at radius 2 is 2.00 bits per heavy atom. The fourth-order valence-electron chi connectivity index (χ4n) is 2.26. The van der Waals surface area contributed by atoms with Crippen molar-refractivity contribution in [3.05, 3.63) is 17.3 Å². The Balaban J connectivity index is 1.95. The predicted molar refractivity (Wildman–Crippen MR) is 63.7 cm³/mol. The third kappa shape index (κ3) is 2.85. The number of nitrogens with zero attached hydrogens (tertiary/aromatic N) is 1. The molecule has 1 aromatic rings. The number of aryl methyl sites for hydroxylation is 2. The molecule has 0 unspecified atom stereocenters. The molecule has 1 amide bonds. The molecule has 1 aliphatic carbocycles. The monoisotopic (exact) mass is 237 g/mol. The van der Waals surface area contributed by atoms with E-state index in [0.29, 0.717) is 17.3 Å². The van der Waals surface area contributed by atoms with Crippen molar-refractivity contribution >= 4 is 5.91 Å². The molecule has 1 fully saturated rings. The van der Waals surface area contributed by atoms with Crippen molar-refractivity contribution in [2.45, 2.75) is 51.6 Å². The average molecular weight is 237 g/mol. The summed E-state index contributed by atoms with van der Waals surface area (Å²) in [6.07, 6.45) is 3.83. The highest BCUT2D eigenvalue weighted by atomic mass is 16.4. The summed E-state index contributed by atoms with van der Waals surface area (Å²) < 4.78 is 5.29. The molecular formula is C12H19N3O2. The van der Waals surface area contributed by atoms with Crippen molar-refractivity contribution in [2.75, 3.05) is 0 Å². The molecule has 1 aromatic heterocycles. The van der Waals surface area contributed by atoms with E-state index in [1.165, 1.54) is 0 Å². The average Bonchev–Trinajstić information content (AvgIpc) is 2.61. The third-order valence-corrected chi connectivity index (χ3v) is 3.22. The first kappa shape index (κ1) is 12.1. The largest absolute Gasteiger partial charge is 0.436 e. The van der Waals surface area contributed by atoms with Gasteiger partial charge in [-0.15, -0.1) is 0 Å². The molecule has 0 saturated heterocycles. The maximum Gasteiger partial charge on any atom is 0.289 e. The number of nitrogens with two attached hydrogens (primary N) is 1. The maximum absolute atomic E-state index is 12.0. The molecule has 0 aliphatic heterocycles. The molecule has 0 bridgehead atoms. The summed E-state index contributed by atoms with van der Waals surface area (Å²) in [6, 6.07) is 0.504. The second-order valence-corrected chi connectivity index (χ2v) is 4.73. The number of carbonyl (C=O) groups excluding carboxylic acids is 1. The molecular weight excluding hydrogens is 218 g/mol. The first-order valence-electron chi connectivity index (χ1n) is 6.06. The summed E-state index contributed by atoms with van der Waals surface area (Å²) in [7, 11) is 0. The summed E-state index contributed by atoms with van der Waals surface area (Å²) in [6.45, 7) is 3.52. The molecule has 0 atom stereocenters. The molecule has 3 N–H and O–H groups in total. The van der Waals surface area contributed by atoms with Gasteiger partial charge in [0.1, 0.15) is 0 Å².